The first-order chi connectivity index (χ1) is 12.0. The van der Waals surface area contributed by atoms with Gasteiger partial charge in [0.15, 0.2) is 0 Å². The van der Waals surface area contributed by atoms with Crippen molar-refractivity contribution in [3.05, 3.63) is 64.9 Å². The summed E-state index contributed by atoms with van der Waals surface area (Å²) in [6, 6.07) is 9.45. The number of fused-ring (bicyclic) bond motifs is 3. The van der Waals surface area contributed by atoms with Crippen LogP contribution in [0.3, 0.4) is 0 Å². The molecule has 4 heteroatoms. The molecule has 1 aromatic carbocycles. The first-order valence-electron chi connectivity index (χ1n) is 8.65. The third kappa shape index (κ3) is 2.76. The Labute approximate surface area is 147 Å². The van der Waals surface area contributed by atoms with Crippen LogP contribution in [0.4, 0.5) is 4.39 Å². The van der Waals surface area contributed by atoms with Gasteiger partial charge in [-0.2, -0.15) is 0 Å². The van der Waals surface area contributed by atoms with E-state index in [9.17, 15) is 4.39 Å². The van der Waals surface area contributed by atoms with Crippen LogP contribution in [-0.2, 0) is 13.0 Å². The molecule has 0 aliphatic carbocycles. The van der Waals surface area contributed by atoms with Crippen LogP contribution < -0.4 is 0 Å². The molecular formula is C21H22FN3. The number of hydrogen-bond donors (Lipinski definition) is 0. The molecule has 0 atom stereocenters. The zero-order valence-corrected chi connectivity index (χ0v) is 14.9. The van der Waals surface area contributed by atoms with Gasteiger partial charge in [0, 0.05) is 48.7 Å². The van der Waals surface area contributed by atoms with Gasteiger partial charge in [0.2, 0.25) is 0 Å². The normalized spacial score (nSPS) is 15.6. The molecule has 0 bridgehead atoms. The molecule has 1 aliphatic rings. The molecular weight excluding hydrogens is 313 g/mol. The summed E-state index contributed by atoms with van der Waals surface area (Å²) in [5, 5.41) is 1.02. The summed E-state index contributed by atoms with van der Waals surface area (Å²) in [6.07, 6.45) is 4.86. The Balaban J connectivity index is 1.92. The van der Waals surface area contributed by atoms with Gasteiger partial charge >= 0.3 is 0 Å². The first-order valence-corrected chi connectivity index (χ1v) is 8.65. The number of pyridine rings is 1. The second-order valence-electron chi connectivity index (χ2n) is 6.92. The van der Waals surface area contributed by atoms with Crippen molar-refractivity contribution in [1.29, 1.82) is 0 Å². The van der Waals surface area contributed by atoms with Crippen molar-refractivity contribution in [2.24, 2.45) is 0 Å². The molecule has 1 aliphatic heterocycles. The molecule has 0 N–H and O–H groups in total. The zero-order chi connectivity index (χ0) is 17.6. The minimum Gasteiger partial charge on any atom is -0.317 e. The van der Waals surface area contributed by atoms with Crippen LogP contribution >= 0.6 is 0 Å². The predicted octanol–water partition coefficient (Wildman–Crippen LogP) is 4.49. The van der Waals surface area contributed by atoms with Crippen LogP contribution in [0.5, 0.6) is 0 Å². The first kappa shape index (κ1) is 16.0. The van der Waals surface area contributed by atoms with Gasteiger partial charge < -0.3 is 9.47 Å². The Hall–Kier alpha value is -2.46. The number of nitrogens with zero attached hydrogens (tertiary/aromatic N) is 3. The Kier molecular flexibility index (Phi) is 3.92. The van der Waals surface area contributed by atoms with E-state index in [0.29, 0.717) is 5.52 Å². The van der Waals surface area contributed by atoms with Gasteiger partial charge in [-0.3, -0.25) is 4.98 Å². The average molecular weight is 335 g/mol. The highest BCUT2D eigenvalue weighted by atomic mass is 19.1. The summed E-state index contributed by atoms with van der Waals surface area (Å²) in [5.41, 5.74) is 6.28. The second kappa shape index (κ2) is 6.12. The Morgan fingerprint density at radius 3 is 2.84 bits per heavy atom. The highest BCUT2D eigenvalue weighted by Gasteiger charge is 2.23. The molecule has 3 aromatic rings. The summed E-state index contributed by atoms with van der Waals surface area (Å²) in [6.45, 7) is 5.89. The van der Waals surface area contributed by atoms with Crippen LogP contribution in [0.15, 0.2) is 36.5 Å². The molecule has 2 aromatic heterocycles. The van der Waals surface area contributed by atoms with Crippen LogP contribution in [0.2, 0.25) is 0 Å². The number of allylic oxidation sites excluding steroid dienone is 1. The van der Waals surface area contributed by atoms with Gasteiger partial charge in [-0.25, -0.2) is 4.39 Å². The average Bonchev–Trinajstić information content (AvgIpc) is 2.90. The van der Waals surface area contributed by atoms with E-state index in [4.69, 9.17) is 0 Å². The van der Waals surface area contributed by atoms with E-state index in [-0.39, 0.29) is 5.82 Å². The summed E-state index contributed by atoms with van der Waals surface area (Å²) in [5.74, 6) is -0.166. The third-order valence-electron chi connectivity index (χ3n) is 5.04. The van der Waals surface area contributed by atoms with Crippen LogP contribution in [-0.4, -0.2) is 28.0 Å². The third-order valence-corrected chi connectivity index (χ3v) is 5.04. The number of likely N-dealkylation sites (N-methyl/N-ethyl adjacent to an activating group) is 1. The quantitative estimate of drug-likeness (QED) is 0.688. The van der Waals surface area contributed by atoms with E-state index in [0.717, 1.165) is 41.7 Å². The lowest BCUT2D eigenvalue weighted by Gasteiger charge is -2.23. The summed E-state index contributed by atoms with van der Waals surface area (Å²) in [7, 11) is 2.12. The van der Waals surface area contributed by atoms with Crippen LogP contribution in [0.25, 0.3) is 22.7 Å². The number of para-hydroxylation sites is 1. The maximum absolute atomic E-state index is 14.7. The number of hydrogen-bond acceptors (Lipinski definition) is 2. The SMILES string of the molecule is C/C(=C/n1c2c(c3cccc(F)c31)CN(C)CC2)c1ccc(C)nc1. The topological polar surface area (TPSA) is 21.1 Å². The molecule has 0 radical (unpaired) electrons. The van der Waals surface area contributed by atoms with E-state index >= 15 is 0 Å². The fraction of sp³-hybridized carbons (Fsp3) is 0.286. The minimum absolute atomic E-state index is 0.166. The van der Waals surface area contributed by atoms with E-state index in [1.807, 2.05) is 25.3 Å². The van der Waals surface area contributed by atoms with Gasteiger partial charge in [0.05, 0.1) is 5.52 Å². The van der Waals surface area contributed by atoms with E-state index in [1.54, 1.807) is 12.1 Å². The molecule has 3 nitrogen and oxygen atoms in total. The second-order valence-corrected chi connectivity index (χ2v) is 6.92. The van der Waals surface area contributed by atoms with Crippen molar-refractivity contribution in [3.63, 3.8) is 0 Å². The molecule has 0 unspecified atom stereocenters. The molecule has 0 saturated carbocycles. The fourth-order valence-electron chi connectivity index (χ4n) is 3.64. The Morgan fingerprint density at radius 2 is 2.08 bits per heavy atom. The highest BCUT2D eigenvalue weighted by Crippen LogP contribution is 2.33. The van der Waals surface area contributed by atoms with Crippen LogP contribution in [0, 0.1) is 12.7 Å². The van der Waals surface area contributed by atoms with Crippen molar-refractivity contribution in [2.45, 2.75) is 26.8 Å². The minimum atomic E-state index is -0.166. The van der Waals surface area contributed by atoms with E-state index in [1.165, 1.54) is 11.3 Å². The van der Waals surface area contributed by atoms with Crippen LogP contribution in [0.1, 0.15) is 29.4 Å². The number of aromatic nitrogens is 2. The zero-order valence-electron chi connectivity index (χ0n) is 14.9. The number of rotatable bonds is 2. The van der Waals surface area contributed by atoms with E-state index in [2.05, 4.69) is 40.7 Å². The molecule has 3 heterocycles. The van der Waals surface area contributed by atoms with Gasteiger partial charge in [-0.1, -0.05) is 18.2 Å². The van der Waals surface area contributed by atoms with Gasteiger partial charge in [0.1, 0.15) is 5.82 Å². The molecule has 4 rings (SSSR count). The largest absolute Gasteiger partial charge is 0.317 e. The maximum Gasteiger partial charge on any atom is 0.147 e. The molecule has 0 amide bonds. The monoisotopic (exact) mass is 335 g/mol. The van der Waals surface area contributed by atoms with Crippen molar-refractivity contribution in [2.75, 3.05) is 13.6 Å². The van der Waals surface area contributed by atoms with Crippen molar-refractivity contribution in [3.8, 4) is 0 Å². The lowest BCUT2D eigenvalue weighted by atomic mass is 10.0. The van der Waals surface area contributed by atoms with Gasteiger partial charge in [-0.15, -0.1) is 0 Å². The molecule has 0 saturated heterocycles. The number of halogens is 1. The Morgan fingerprint density at radius 1 is 1.24 bits per heavy atom. The number of benzene rings is 1. The summed E-state index contributed by atoms with van der Waals surface area (Å²) < 4.78 is 16.7. The highest BCUT2D eigenvalue weighted by molar-refractivity contribution is 5.90. The summed E-state index contributed by atoms with van der Waals surface area (Å²) >= 11 is 0. The summed E-state index contributed by atoms with van der Waals surface area (Å²) in [4.78, 5) is 6.67. The fourth-order valence-corrected chi connectivity index (χ4v) is 3.64. The lowest BCUT2D eigenvalue weighted by molar-refractivity contribution is 0.312. The van der Waals surface area contributed by atoms with E-state index < -0.39 is 0 Å². The van der Waals surface area contributed by atoms with Gasteiger partial charge in [0.25, 0.3) is 0 Å². The lowest BCUT2D eigenvalue weighted by Crippen LogP contribution is -2.26. The smallest absolute Gasteiger partial charge is 0.147 e. The number of aryl methyl sites for hydroxylation is 1. The predicted molar refractivity (Wildman–Crippen MR) is 101 cm³/mol. The molecule has 25 heavy (non-hydrogen) atoms. The van der Waals surface area contributed by atoms with Crippen molar-refractivity contribution < 1.29 is 4.39 Å². The standard InChI is InChI=1S/C21H22FN3/c1-14(16-8-7-15(2)23-11-16)12-25-20-9-10-24(3)13-18(20)17-5-4-6-19(22)21(17)25/h4-8,11-12H,9-10,13H2,1-3H3/b14-12-. The maximum atomic E-state index is 14.7. The molecule has 0 fully saturated rings. The Bertz CT molecular complexity index is 967. The van der Waals surface area contributed by atoms with Crippen molar-refractivity contribution in [1.82, 2.24) is 14.5 Å². The van der Waals surface area contributed by atoms with Gasteiger partial charge in [-0.05, 0) is 49.7 Å². The van der Waals surface area contributed by atoms with Crippen molar-refractivity contribution >= 4 is 22.7 Å². The molecule has 128 valence electrons. The molecule has 0 spiro atoms.